The van der Waals surface area contributed by atoms with Crippen molar-refractivity contribution in [1.29, 1.82) is 0 Å². The Morgan fingerprint density at radius 2 is 2.25 bits per heavy atom. The summed E-state index contributed by atoms with van der Waals surface area (Å²) in [5.41, 5.74) is 0.760. The number of hydrogen-bond donors (Lipinski definition) is 2. The van der Waals surface area contributed by atoms with E-state index in [2.05, 4.69) is 10.6 Å². The molecule has 0 bridgehead atoms. The molecule has 2 rings (SSSR count). The standard InChI is InChI=1S/C10H12ClN3O2/c11-7-1-2-10(14(15)16)8(5-7)9-6-12-3-4-13-9/h1-2,5,9,12-13H,3-4,6H2/t9-/m0/s1. The van der Waals surface area contributed by atoms with Crippen LogP contribution in [-0.4, -0.2) is 24.6 Å². The van der Waals surface area contributed by atoms with E-state index in [1.807, 2.05) is 0 Å². The van der Waals surface area contributed by atoms with Gasteiger partial charge in [-0.2, -0.15) is 0 Å². The van der Waals surface area contributed by atoms with Gasteiger partial charge >= 0.3 is 0 Å². The third-order valence-corrected chi connectivity index (χ3v) is 2.84. The maximum Gasteiger partial charge on any atom is 0.274 e. The number of rotatable bonds is 2. The SMILES string of the molecule is O=[N+]([O-])c1ccc(Cl)cc1[C@@H]1CNCCN1. The third kappa shape index (κ3) is 2.32. The summed E-state index contributed by atoms with van der Waals surface area (Å²) >= 11 is 5.87. The van der Waals surface area contributed by atoms with Crippen LogP contribution in [0.4, 0.5) is 5.69 Å². The number of hydrogen-bond acceptors (Lipinski definition) is 4. The fourth-order valence-electron chi connectivity index (χ4n) is 1.84. The first-order chi connectivity index (χ1) is 7.68. The van der Waals surface area contributed by atoms with Crippen LogP contribution in [-0.2, 0) is 0 Å². The molecule has 1 aliphatic rings. The molecule has 86 valence electrons. The number of piperazine rings is 1. The average Bonchev–Trinajstić information content (AvgIpc) is 2.29. The molecule has 1 aromatic rings. The number of benzene rings is 1. The van der Waals surface area contributed by atoms with E-state index in [9.17, 15) is 10.1 Å². The molecule has 0 spiro atoms. The summed E-state index contributed by atoms with van der Waals surface area (Å²) in [6.07, 6.45) is 0. The van der Waals surface area contributed by atoms with Gasteiger partial charge in [-0.05, 0) is 12.1 Å². The normalized spacial score (nSPS) is 20.7. The predicted molar refractivity (Wildman–Crippen MR) is 61.7 cm³/mol. The molecule has 1 saturated heterocycles. The van der Waals surface area contributed by atoms with E-state index in [1.165, 1.54) is 6.07 Å². The van der Waals surface area contributed by atoms with Crippen LogP contribution >= 0.6 is 11.6 Å². The predicted octanol–water partition coefficient (Wildman–Crippen LogP) is 1.48. The molecule has 1 fully saturated rings. The Kier molecular flexibility index (Phi) is 3.38. The van der Waals surface area contributed by atoms with Crippen molar-refractivity contribution >= 4 is 17.3 Å². The maximum absolute atomic E-state index is 10.9. The molecule has 6 heteroatoms. The minimum atomic E-state index is -0.373. The molecule has 0 unspecified atom stereocenters. The number of nitrogens with one attached hydrogen (secondary N) is 2. The largest absolute Gasteiger partial charge is 0.314 e. The lowest BCUT2D eigenvalue weighted by molar-refractivity contribution is -0.385. The zero-order valence-electron chi connectivity index (χ0n) is 8.57. The Balaban J connectivity index is 2.36. The molecule has 1 aromatic carbocycles. The Morgan fingerprint density at radius 3 is 2.88 bits per heavy atom. The second kappa shape index (κ2) is 4.78. The van der Waals surface area contributed by atoms with Crippen molar-refractivity contribution in [3.05, 3.63) is 38.9 Å². The molecule has 0 aliphatic carbocycles. The number of halogens is 1. The van der Waals surface area contributed by atoms with Crippen LogP contribution < -0.4 is 10.6 Å². The van der Waals surface area contributed by atoms with Crippen LogP contribution in [0.2, 0.25) is 5.02 Å². The topological polar surface area (TPSA) is 67.2 Å². The van der Waals surface area contributed by atoms with Gasteiger partial charge in [0.05, 0.1) is 11.0 Å². The summed E-state index contributed by atoms with van der Waals surface area (Å²) in [5.74, 6) is 0. The van der Waals surface area contributed by atoms with Crippen LogP contribution in [0.1, 0.15) is 11.6 Å². The van der Waals surface area contributed by atoms with Crippen molar-refractivity contribution < 1.29 is 4.92 Å². The molecular formula is C10H12ClN3O2. The van der Waals surface area contributed by atoms with Gasteiger partial charge < -0.3 is 10.6 Å². The highest BCUT2D eigenvalue weighted by Crippen LogP contribution is 2.28. The van der Waals surface area contributed by atoms with E-state index in [-0.39, 0.29) is 16.7 Å². The Bertz CT molecular complexity index is 405. The zero-order chi connectivity index (χ0) is 11.5. The van der Waals surface area contributed by atoms with Gasteiger partial charge in [0.25, 0.3) is 5.69 Å². The maximum atomic E-state index is 10.9. The van der Waals surface area contributed by atoms with Gasteiger partial charge in [0.2, 0.25) is 0 Å². The highest BCUT2D eigenvalue weighted by atomic mass is 35.5. The van der Waals surface area contributed by atoms with E-state index in [1.54, 1.807) is 12.1 Å². The molecule has 5 nitrogen and oxygen atoms in total. The smallest absolute Gasteiger partial charge is 0.274 e. The second-order valence-electron chi connectivity index (χ2n) is 3.67. The third-order valence-electron chi connectivity index (χ3n) is 2.60. The van der Waals surface area contributed by atoms with Crippen molar-refractivity contribution in [3.63, 3.8) is 0 Å². The summed E-state index contributed by atoms with van der Waals surface area (Å²) in [6, 6.07) is 4.60. The van der Waals surface area contributed by atoms with Crippen LogP contribution in [0, 0.1) is 10.1 Å². The Hall–Kier alpha value is -1.17. The first-order valence-electron chi connectivity index (χ1n) is 5.06. The van der Waals surface area contributed by atoms with E-state index >= 15 is 0 Å². The molecule has 0 amide bonds. The van der Waals surface area contributed by atoms with E-state index in [4.69, 9.17) is 11.6 Å². The minimum absolute atomic E-state index is 0.0483. The van der Waals surface area contributed by atoms with Crippen molar-refractivity contribution in [2.75, 3.05) is 19.6 Å². The lowest BCUT2D eigenvalue weighted by atomic mass is 10.0. The van der Waals surface area contributed by atoms with Gasteiger partial charge in [-0.1, -0.05) is 11.6 Å². The second-order valence-corrected chi connectivity index (χ2v) is 4.11. The van der Waals surface area contributed by atoms with Gasteiger partial charge in [-0.15, -0.1) is 0 Å². The van der Waals surface area contributed by atoms with E-state index in [0.717, 1.165) is 13.1 Å². The lowest BCUT2D eigenvalue weighted by Crippen LogP contribution is -2.42. The first-order valence-corrected chi connectivity index (χ1v) is 5.44. The molecule has 1 atom stereocenters. The highest BCUT2D eigenvalue weighted by Gasteiger charge is 2.23. The summed E-state index contributed by atoms with van der Waals surface area (Å²) < 4.78 is 0. The summed E-state index contributed by atoms with van der Waals surface area (Å²) in [4.78, 5) is 10.5. The summed E-state index contributed by atoms with van der Waals surface area (Å²) in [6.45, 7) is 2.36. The zero-order valence-corrected chi connectivity index (χ0v) is 9.33. The fraction of sp³-hybridized carbons (Fsp3) is 0.400. The van der Waals surface area contributed by atoms with Gasteiger partial charge in [-0.25, -0.2) is 0 Å². The molecule has 2 N–H and O–H groups in total. The van der Waals surface area contributed by atoms with Crippen LogP contribution in [0.3, 0.4) is 0 Å². The molecular weight excluding hydrogens is 230 g/mol. The van der Waals surface area contributed by atoms with E-state index in [0.29, 0.717) is 17.1 Å². The minimum Gasteiger partial charge on any atom is -0.314 e. The van der Waals surface area contributed by atoms with Crippen molar-refractivity contribution in [2.24, 2.45) is 0 Å². The van der Waals surface area contributed by atoms with E-state index < -0.39 is 0 Å². The van der Waals surface area contributed by atoms with Gasteiger partial charge in [0, 0.05) is 36.3 Å². The van der Waals surface area contributed by atoms with Gasteiger partial charge in [-0.3, -0.25) is 10.1 Å². The average molecular weight is 242 g/mol. The monoisotopic (exact) mass is 241 g/mol. The molecule has 16 heavy (non-hydrogen) atoms. The van der Waals surface area contributed by atoms with Gasteiger partial charge in [0.15, 0.2) is 0 Å². The first kappa shape index (κ1) is 11.3. The quantitative estimate of drug-likeness (QED) is 0.608. The molecule has 1 heterocycles. The van der Waals surface area contributed by atoms with Crippen molar-refractivity contribution in [3.8, 4) is 0 Å². The Morgan fingerprint density at radius 1 is 1.44 bits per heavy atom. The van der Waals surface area contributed by atoms with Crippen LogP contribution in [0.5, 0.6) is 0 Å². The number of nitro groups is 1. The number of nitro benzene ring substituents is 1. The summed E-state index contributed by atoms with van der Waals surface area (Å²) in [7, 11) is 0. The van der Waals surface area contributed by atoms with Crippen molar-refractivity contribution in [2.45, 2.75) is 6.04 Å². The number of nitrogens with zero attached hydrogens (tertiary/aromatic N) is 1. The highest BCUT2D eigenvalue weighted by molar-refractivity contribution is 6.30. The molecule has 0 radical (unpaired) electrons. The fourth-order valence-corrected chi connectivity index (χ4v) is 2.02. The Labute approximate surface area is 97.9 Å². The van der Waals surface area contributed by atoms with Crippen molar-refractivity contribution in [1.82, 2.24) is 10.6 Å². The van der Waals surface area contributed by atoms with Crippen LogP contribution in [0.15, 0.2) is 18.2 Å². The lowest BCUT2D eigenvalue weighted by Gasteiger charge is -2.24. The van der Waals surface area contributed by atoms with Crippen LogP contribution in [0.25, 0.3) is 0 Å². The molecule has 0 aromatic heterocycles. The molecule has 0 saturated carbocycles. The summed E-state index contributed by atoms with van der Waals surface area (Å²) in [5, 5.41) is 17.8. The molecule has 1 aliphatic heterocycles. The van der Waals surface area contributed by atoms with Gasteiger partial charge in [0.1, 0.15) is 0 Å².